The molecule has 29 heavy (non-hydrogen) atoms. The zero-order valence-electron chi connectivity index (χ0n) is 15.3. The first-order chi connectivity index (χ1) is 14.0. The average molecular weight is 389 g/mol. The van der Waals surface area contributed by atoms with Crippen LogP contribution in [0.1, 0.15) is 23.5 Å². The molecule has 9 heteroatoms. The average Bonchev–Trinajstić information content (AvgIpc) is 3.11. The van der Waals surface area contributed by atoms with E-state index in [2.05, 4.69) is 10.3 Å². The predicted molar refractivity (Wildman–Crippen MR) is 106 cm³/mol. The molecule has 5 rings (SSSR count). The van der Waals surface area contributed by atoms with Crippen molar-refractivity contribution < 1.29 is 9.72 Å². The monoisotopic (exact) mass is 389 g/mol. The van der Waals surface area contributed by atoms with Crippen molar-refractivity contribution in [1.82, 2.24) is 14.0 Å². The van der Waals surface area contributed by atoms with Gasteiger partial charge in [-0.05, 0) is 17.7 Å². The third kappa shape index (κ3) is 2.44. The van der Waals surface area contributed by atoms with Gasteiger partial charge in [-0.15, -0.1) is 0 Å². The Hall–Kier alpha value is -4.01. The van der Waals surface area contributed by atoms with Crippen LogP contribution in [0.2, 0.25) is 0 Å². The minimum absolute atomic E-state index is 0.0293. The number of nitrogens with zero attached hydrogens (tertiary/aromatic N) is 4. The van der Waals surface area contributed by atoms with Crippen LogP contribution in [-0.2, 0) is 11.8 Å². The summed E-state index contributed by atoms with van der Waals surface area (Å²) in [4.78, 5) is 41.0. The normalized spacial score (nSPS) is 16.0. The number of amides is 1. The molecule has 1 amide bonds. The second-order valence-corrected chi connectivity index (χ2v) is 7.02. The maximum absolute atomic E-state index is 13.2. The molecule has 3 heterocycles. The van der Waals surface area contributed by atoms with Crippen molar-refractivity contribution in [2.45, 2.75) is 12.3 Å². The molecule has 0 bridgehead atoms. The zero-order valence-corrected chi connectivity index (χ0v) is 15.3. The molecule has 0 saturated heterocycles. The molecule has 9 nitrogen and oxygen atoms in total. The Morgan fingerprint density at radius 2 is 1.97 bits per heavy atom. The summed E-state index contributed by atoms with van der Waals surface area (Å²) in [6.07, 6.45) is 0.0293. The number of benzene rings is 2. The molecule has 0 saturated carbocycles. The van der Waals surface area contributed by atoms with Crippen LogP contribution >= 0.6 is 0 Å². The quantitative estimate of drug-likeness (QED) is 0.418. The standard InChI is InChI=1S/C20H15N5O4/c1-23-19(27)17-13(11-5-4-6-12(9-11)25(28)29)10-16(26)22-18(17)24-15-8-3-2-7-14(15)21-20(23)24/h2-9,13H,10H2,1H3,(H,22,26)/t13-/m1/s1. The van der Waals surface area contributed by atoms with Crippen LogP contribution in [0.5, 0.6) is 0 Å². The molecule has 1 aliphatic rings. The van der Waals surface area contributed by atoms with Crippen molar-refractivity contribution in [3.05, 3.63) is 80.1 Å². The van der Waals surface area contributed by atoms with E-state index in [1.54, 1.807) is 23.6 Å². The maximum atomic E-state index is 13.2. The van der Waals surface area contributed by atoms with Gasteiger partial charge in [0.25, 0.3) is 11.2 Å². The summed E-state index contributed by atoms with van der Waals surface area (Å²) in [6.45, 7) is 0. The van der Waals surface area contributed by atoms with Gasteiger partial charge >= 0.3 is 0 Å². The number of hydrogen-bond donors (Lipinski definition) is 1. The predicted octanol–water partition coefficient (Wildman–Crippen LogP) is 2.57. The fourth-order valence-electron chi connectivity index (χ4n) is 4.00. The van der Waals surface area contributed by atoms with Gasteiger partial charge in [-0.25, -0.2) is 4.98 Å². The van der Waals surface area contributed by atoms with Gasteiger partial charge in [0.2, 0.25) is 11.7 Å². The van der Waals surface area contributed by atoms with Gasteiger partial charge in [0.1, 0.15) is 5.82 Å². The molecule has 0 aliphatic carbocycles. The Morgan fingerprint density at radius 1 is 1.17 bits per heavy atom. The Bertz CT molecular complexity index is 1400. The number of aromatic nitrogens is 3. The lowest BCUT2D eigenvalue weighted by Crippen LogP contribution is -2.35. The highest BCUT2D eigenvalue weighted by atomic mass is 16.6. The van der Waals surface area contributed by atoms with E-state index in [1.165, 1.54) is 16.7 Å². The van der Waals surface area contributed by atoms with Crippen LogP contribution < -0.4 is 10.9 Å². The molecule has 1 atom stereocenters. The smallest absolute Gasteiger partial charge is 0.269 e. The fraction of sp³-hybridized carbons (Fsp3) is 0.150. The molecule has 2 aromatic heterocycles. The summed E-state index contributed by atoms with van der Waals surface area (Å²) in [5, 5.41) is 14.0. The summed E-state index contributed by atoms with van der Waals surface area (Å²) in [5.74, 6) is -0.0799. The summed E-state index contributed by atoms with van der Waals surface area (Å²) in [6, 6.07) is 13.5. The molecular weight excluding hydrogens is 374 g/mol. The van der Waals surface area contributed by atoms with Crippen molar-refractivity contribution >= 4 is 34.2 Å². The number of fused-ring (bicyclic) bond motifs is 5. The fourth-order valence-corrected chi connectivity index (χ4v) is 4.00. The molecule has 1 N–H and O–H groups in total. The lowest BCUT2D eigenvalue weighted by molar-refractivity contribution is -0.384. The summed E-state index contributed by atoms with van der Waals surface area (Å²) in [7, 11) is 1.63. The first kappa shape index (κ1) is 17.1. The van der Waals surface area contributed by atoms with Crippen molar-refractivity contribution in [2.75, 3.05) is 5.32 Å². The number of nitrogens with one attached hydrogen (secondary N) is 1. The van der Waals surface area contributed by atoms with Crippen LogP contribution in [-0.4, -0.2) is 24.8 Å². The number of nitro groups is 1. The van der Waals surface area contributed by atoms with Crippen LogP contribution in [0.15, 0.2) is 53.3 Å². The molecule has 0 radical (unpaired) electrons. The van der Waals surface area contributed by atoms with Crippen molar-refractivity contribution in [3.8, 4) is 0 Å². The number of carbonyl (C=O) groups is 1. The van der Waals surface area contributed by atoms with Gasteiger partial charge in [-0.2, -0.15) is 0 Å². The molecule has 2 aromatic carbocycles. The van der Waals surface area contributed by atoms with E-state index in [1.807, 2.05) is 24.3 Å². The Kier molecular flexibility index (Phi) is 3.54. The molecule has 144 valence electrons. The van der Waals surface area contributed by atoms with Crippen LogP contribution in [0.4, 0.5) is 11.5 Å². The maximum Gasteiger partial charge on any atom is 0.269 e. The van der Waals surface area contributed by atoms with Gasteiger partial charge in [-0.3, -0.25) is 28.7 Å². The lowest BCUT2D eigenvalue weighted by Gasteiger charge is -2.26. The lowest BCUT2D eigenvalue weighted by atomic mass is 9.86. The highest BCUT2D eigenvalue weighted by Gasteiger charge is 2.33. The minimum atomic E-state index is -0.595. The third-order valence-electron chi connectivity index (χ3n) is 5.34. The van der Waals surface area contributed by atoms with E-state index in [0.717, 1.165) is 5.52 Å². The Balaban J connectivity index is 1.87. The first-order valence-corrected chi connectivity index (χ1v) is 9.00. The minimum Gasteiger partial charge on any atom is -0.311 e. The van der Waals surface area contributed by atoms with E-state index in [9.17, 15) is 19.7 Å². The first-order valence-electron chi connectivity index (χ1n) is 9.00. The van der Waals surface area contributed by atoms with E-state index in [0.29, 0.717) is 28.2 Å². The van der Waals surface area contributed by atoms with Crippen LogP contribution in [0, 0.1) is 10.1 Å². The number of rotatable bonds is 2. The Morgan fingerprint density at radius 3 is 2.76 bits per heavy atom. The van der Waals surface area contributed by atoms with Gasteiger partial charge in [0.05, 0.1) is 21.5 Å². The van der Waals surface area contributed by atoms with Crippen molar-refractivity contribution in [3.63, 3.8) is 0 Å². The molecule has 0 unspecified atom stereocenters. The second kappa shape index (κ2) is 5.99. The second-order valence-electron chi connectivity index (χ2n) is 7.02. The van der Waals surface area contributed by atoms with Crippen LogP contribution in [0.3, 0.4) is 0 Å². The summed E-state index contributed by atoms with van der Waals surface area (Å²) >= 11 is 0. The number of nitro benzene ring substituents is 1. The number of hydrogen-bond acceptors (Lipinski definition) is 5. The number of carbonyl (C=O) groups excluding carboxylic acids is 1. The number of anilines is 1. The third-order valence-corrected chi connectivity index (χ3v) is 5.34. The zero-order chi connectivity index (χ0) is 20.3. The SMILES string of the molecule is Cn1c(=O)c2c(n3c4ccccc4nc13)NC(=O)C[C@@H]2c1cccc([N+](=O)[O-])c1. The van der Waals surface area contributed by atoms with Gasteiger partial charge in [0, 0.05) is 31.5 Å². The van der Waals surface area contributed by atoms with Crippen LogP contribution in [0.25, 0.3) is 16.8 Å². The van der Waals surface area contributed by atoms with Crippen molar-refractivity contribution in [1.29, 1.82) is 0 Å². The van der Waals surface area contributed by atoms with Gasteiger partial charge in [0.15, 0.2) is 0 Å². The molecule has 4 aromatic rings. The number of non-ortho nitro benzene ring substituents is 1. The van der Waals surface area contributed by atoms with Gasteiger partial charge in [-0.1, -0.05) is 24.3 Å². The number of imidazole rings is 1. The van der Waals surface area contributed by atoms with E-state index in [-0.39, 0.29) is 23.6 Å². The summed E-state index contributed by atoms with van der Waals surface area (Å²) in [5.41, 5.74) is 2.02. The molecule has 0 fully saturated rings. The summed E-state index contributed by atoms with van der Waals surface area (Å²) < 4.78 is 3.20. The highest BCUT2D eigenvalue weighted by molar-refractivity contribution is 5.96. The highest BCUT2D eigenvalue weighted by Crippen LogP contribution is 2.37. The molecular formula is C20H15N5O4. The molecule has 1 aliphatic heterocycles. The van der Waals surface area contributed by atoms with Gasteiger partial charge < -0.3 is 5.32 Å². The Labute approximate surface area is 163 Å². The topological polar surface area (TPSA) is 112 Å². The number of para-hydroxylation sites is 2. The largest absolute Gasteiger partial charge is 0.311 e. The van der Waals surface area contributed by atoms with E-state index >= 15 is 0 Å². The van der Waals surface area contributed by atoms with E-state index in [4.69, 9.17) is 0 Å². The number of aryl methyl sites for hydroxylation is 1. The van der Waals surface area contributed by atoms with E-state index < -0.39 is 10.8 Å². The van der Waals surface area contributed by atoms with Crippen molar-refractivity contribution in [2.24, 2.45) is 7.05 Å². The molecule has 0 spiro atoms.